The summed E-state index contributed by atoms with van der Waals surface area (Å²) < 4.78 is 1.11. The van der Waals surface area contributed by atoms with Crippen LogP contribution in [0, 0.1) is 0 Å². The number of thiophene rings is 1. The predicted molar refractivity (Wildman–Crippen MR) is 117 cm³/mol. The molecule has 0 aliphatic heterocycles. The third-order valence-electron chi connectivity index (χ3n) is 4.88. The fourth-order valence-electron chi connectivity index (χ4n) is 3.45. The largest absolute Gasteiger partial charge is 0.372 e. The van der Waals surface area contributed by atoms with Crippen molar-refractivity contribution in [2.24, 2.45) is 0 Å². The molecule has 27 heavy (non-hydrogen) atoms. The Morgan fingerprint density at radius 3 is 2.26 bits per heavy atom. The van der Waals surface area contributed by atoms with Gasteiger partial charge >= 0.3 is 0 Å². The van der Waals surface area contributed by atoms with Gasteiger partial charge in [0.15, 0.2) is 0 Å². The van der Waals surface area contributed by atoms with Gasteiger partial charge in [-0.2, -0.15) is 0 Å². The summed E-state index contributed by atoms with van der Waals surface area (Å²) in [4.78, 5) is 18.6. The topological polar surface area (TPSA) is 36.1 Å². The van der Waals surface area contributed by atoms with Gasteiger partial charge < -0.3 is 9.88 Å². The third-order valence-corrected chi connectivity index (χ3v) is 6.09. The molecule has 136 valence electrons. The van der Waals surface area contributed by atoms with E-state index in [1.54, 1.807) is 17.4 Å². The first-order valence-electron chi connectivity index (χ1n) is 9.27. The summed E-state index contributed by atoms with van der Waals surface area (Å²) in [6.07, 6.45) is 0. The smallest absolute Gasteiger partial charge is 0.249 e. The molecule has 0 radical (unpaired) electrons. The molecule has 0 saturated heterocycles. The van der Waals surface area contributed by atoms with Crippen LogP contribution in [-0.4, -0.2) is 18.1 Å². The number of H-pyrrole nitrogens is 1. The molecule has 0 amide bonds. The number of rotatable bonds is 5. The lowest BCUT2D eigenvalue weighted by atomic mass is 10.1. The molecule has 4 aromatic rings. The minimum Gasteiger partial charge on any atom is -0.372 e. The van der Waals surface area contributed by atoms with E-state index in [-0.39, 0.29) is 5.56 Å². The van der Waals surface area contributed by atoms with Crippen molar-refractivity contribution in [3.63, 3.8) is 0 Å². The number of nitrogens with one attached hydrogen (secondary N) is 1. The monoisotopic (exact) mass is 374 g/mol. The molecule has 2 aromatic heterocycles. The maximum absolute atomic E-state index is 12.2. The zero-order valence-corrected chi connectivity index (χ0v) is 16.3. The highest BCUT2D eigenvalue weighted by atomic mass is 32.1. The number of hydrogen-bond acceptors (Lipinski definition) is 3. The van der Waals surface area contributed by atoms with E-state index < -0.39 is 0 Å². The molecular weight excluding hydrogens is 352 g/mol. The maximum atomic E-state index is 12.2. The van der Waals surface area contributed by atoms with E-state index in [0.29, 0.717) is 0 Å². The molecule has 4 heteroatoms. The molecule has 0 aliphatic rings. The second-order valence-corrected chi connectivity index (χ2v) is 7.54. The van der Waals surface area contributed by atoms with Crippen molar-refractivity contribution in [2.75, 3.05) is 18.0 Å². The van der Waals surface area contributed by atoms with Crippen LogP contribution in [0.25, 0.3) is 31.8 Å². The van der Waals surface area contributed by atoms with Gasteiger partial charge in [0.25, 0.3) is 0 Å². The van der Waals surface area contributed by atoms with Crippen molar-refractivity contribution in [3.8, 4) is 21.6 Å². The van der Waals surface area contributed by atoms with E-state index >= 15 is 0 Å². The number of fused-ring (bicyclic) bond motifs is 1. The van der Waals surface area contributed by atoms with Crippen molar-refractivity contribution < 1.29 is 0 Å². The number of hydrogen-bond donors (Lipinski definition) is 1. The number of anilines is 1. The molecule has 0 saturated carbocycles. The van der Waals surface area contributed by atoms with Crippen LogP contribution in [0.1, 0.15) is 13.8 Å². The predicted octanol–water partition coefficient (Wildman–Crippen LogP) is 5.77. The molecule has 2 aromatic carbocycles. The maximum Gasteiger partial charge on any atom is 0.249 e. The second-order valence-electron chi connectivity index (χ2n) is 6.49. The fraction of sp³-hybridized carbons (Fsp3) is 0.174. The highest BCUT2D eigenvalue weighted by molar-refractivity contribution is 7.22. The average molecular weight is 375 g/mol. The average Bonchev–Trinajstić information content (AvgIpc) is 3.13. The summed E-state index contributed by atoms with van der Waals surface area (Å²) in [7, 11) is 0. The van der Waals surface area contributed by atoms with Gasteiger partial charge in [-0.3, -0.25) is 4.79 Å². The van der Waals surface area contributed by atoms with Crippen LogP contribution >= 0.6 is 11.3 Å². The first-order valence-corrected chi connectivity index (χ1v) is 10.1. The van der Waals surface area contributed by atoms with Crippen LogP contribution in [0.3, 0.4) is 0 Å². The molecule has 0 bridgehead atoms. The Hall–Kier alpha value is -2.85. The van der Waals surface area contributed by atoms with Gasteiger partial charge in [0.2, 0.25) is 5.56 Å². The summed E-state index contributed by atoms with van der Waals surface area (Å²) in [5.41, 5.74) is 5.30. The van der Waals surface area contributed by atoms with E-state index in [2.05, 4.69) is 54.1 Å². The standard InChI is InChI=1S/C23H22N2OS/c1-3-25(4-2)18-12-10-17(11-13-18)21-15-20-23(27-21)19(14-22(26)24-20)16-8-6-5-7-9-16/h5-15H,3-4H2,1-2H3,(H,24,26). The Balaban J connectivity index is 1.79. The van der Waals surface area contributed by atoms with E-state index in [1.165, 1.54) is 11.3 Å². The van der Waals surface area contributed by atoms with Crippen molar-refractivity contribution in [2.45, 2.75) is 13.8 Å². The van der Waals surface area contributed by atoms with Gasteiger partial charge in [-0.05, 0) is 43.2 Å². The number of pyridine rings is 1. The Labute approximate surface area is 162 Å². The minimum absolute atomic E-state index is 0.0671. The van der Waals surface area contributed by atoms with E-state index in [0.717, 1.165) is 39.3 Å². The molecule has 1 N–H and O–H groups in total. The van der Waals surface area contributed by atoms with E-state index in [1.807, 2.05) is 30.3 Å². The van der Waals surface area contributed by atoms with Crippen LogP contribution in [0.4, 0.5) is 5.69 Å². The molecule has 2 heterocycles. The summed E-state index contributed by atoms with van der Waals surface area (Å²) in [5, 5.41) is 0. The number of aromatic amines is 1. The number of nitrogens with zero attached hydrogens (tertiary/aromatic N) is 1. The van der Waals surface area contributed by atoms with Crippen LogP contribution in [0.15, 0.2) is 71.5 Å². The molecule has 3 nitrogen and oxygen atoms in total. The molecule has 0 aliphatic carbocycles. The SMILES string of the molecule is CCN(CC)c1ccc(-c2cc3[nH]c(=O)cc(-c4ccccc4)c3s2)cc1. The lowest BCUT2D eigenvalue weighted by Gasteiger charge is -2.21. The molecule has 4 rings (SSSR count). The van der Waals surface area contributed by atoms with Gasteiger partial charge in [0, 0.05) is 35.3 Å². The normalized spacial score (nSPS) is 11.0. The minimum atomic E-state index is -0.0671. The van der Waals surface area contributed by atoms with Crippen molar-refractivity contribution in [1.29, 1.82) is 0 Å². The Kier molecular flexibility index (Phi) is 4.82. The molecule has 0 unspecified atom stereocenters. The van der Waals surface area contributed by atoms with Gasteiger partial charge in [-0.15, -0.1) is 11.3 Å². The Morgan fingerprint density at radius 1 is 0.889 bits per heavy atom. The second kappa shape index (κ2) is 7.41. The Morgan fingerprint density at radius 2 is 1.59 bits per heavy atom. The third kappa shape index (κ3) is 3.40. The van der Waals surface area contributed by atoms with Gasteiger partial charge in [-0.25, -0.2) is 0 Å². The van der Waals surface area contributed by atoms with Gasteiger partial charge in [0.1, 0.15) is 0 Å². The van der Waals surface area contributed by atoms with Gasteiger partial charge in [0.05, 0.1) is 10.2 Å². The van der Waals surface area contributed by atoms with Crippen LogP contribution in [0.5, 0.6) is 0 Å². The van der Waals surface area contributed by atoms with Crippen LogP contribution in [-0.2, 0) is 0 Å². The molecule has 0 fully saturated rings. The zero-order valence-electron chi connectivity index (χ0n) is 15.5. The zero-order chi connectivity index (χ0) is 18.8. The lowest BCUT2D eigenvalue weighted by Crippen LogP contribution is -2.21. The van der Waals surface area contributed by atoms with E-state index in [4.69, 9.17) is 0 Å². The number of benzene rings is 2. The quantitative estimate of drug-likeness (QED) is 0.481. The van der Waals surface area contributed by atoms with Crippen LogP contribution < -0.4 is 10.5 Å². The summed E-state index contributed by atoms with van der Waals surface area (Å²) in [6.45, 7) is 6.34. The van der Waals surface area contributed by atoms with Crippen LogP contribution in [0.2, 0.25) is 0 Å². The summed E-state index contributed by atoms with van der Waals surface area (Å²) in [5.74, 6) is 0. The Bertz CT molecular complexity index is 1110. The van der Waals surface area contributed by atoms with Crippen molar-refractivity contribution in [3.05, 3.63) is 77.1 Å². The molecule has 0 atom stereocenters. The lowest BCUT2D eigenvalue weighted by molar-refractivity contribution is 0.866. The fourth-order valence-corrected chi connectivity index (χ4v) is 4.61. The first kappa shape index (κ1) is 17.6. The summed E-state index contributed by atoms with van der Waals surface area (Å²) in [6, 6.07) is 22.6. The van der Waals surface area contributed by atoms with Crippen molar-refractivity contribution >= 4 is 27.2 Å². The van der Waals surface area contributed by atoms with Gasteiger partial charge in [-0.1, -0.05) is 42.5 Å². The molecule has 0 spiro atoms. The highest BCUT2D eigenvalue weighted by Crippen LogP contribution is 2.38. The molecular formula is C23H22N2OS. The summed E-state index contributed by atoms with van der Waals surface area (Å²) >= 11 is 1.72. The first-order chi connectivity index (χ1) is 13.2. The highest BCUT2D eigenvalue weighted by Gasteiger charge is 2.12. The number of aromatic nitrogens is 1. The van der Waals surface area contributed by atoms with E-state index in [9.17, 15) is 4.79 Å². The van der Waals surface area contributed by atoms with Crippen molar-refractivity contribution in [1.82, 2.24) is 4.98 Å².